The van der Waals surface area contributed by atoms with E-state index in [1.54, 1.807) is 24.3 Å². The summed E-state index contributed by atoms with van der Waals surface area (Å²) < 4.78 is 33.8. The highest BCUT2D eigenvalue weighted by atomic mass is 32.2. The predicted molar refractivity (Wildman–Crippen MR) is 118 cm³/mol. The van der Waals surface area contributed by atoms with E-state index in [0.29, 0.717) is 36.0 Å². The number of methoxy groups -OCH3 is 1. The van der Waals surface area contributed by atoms with Gasteiger partial charge in [-0.15, -0.1) is 0 Å². The van der Waals surface area contributed by atoms with Gasteiger partial charge in [-0.05, 0) is 55.0 Å². The minimum Gasteiger partial charge on any atom is -0.495 e. The highest BCUT2D eigenvalue weighted by Gasteiger charge is 2.32. The van der Waals surface area contributed by atoms with Crippen LogP contribution in [-0.2, 0) is 16.4 Å². The number of piperidine rings is 1. The van der Waals surface area contributed by atoms with E-state index in [2.05, 4.69) is 22.3 Å². The Kier molecular flexibility index (Phi) is 6.20. The van der Waals surface area contributed by atoms with Crippen LogP contribution in [-0.4, -0.2) is 43.1 Å². The third-order valence-electron chi connectivity index (χ3n) is 5.70. The summed E-state index contributed by atoms with van der Waals surface area (Å²) >= 11 is 0. The standard InChI is InChI=1S/C23H25N3O4S/c1-30-21-9-7-19(20-8-10-23(27)25-24-20)16-22(21)31(28,29)26-13-11-18(12-14-26)15-17-5-3-2-4-6-17/h2-10,16,18H,11-15H2,1H3,(H,25,27). The van der Waals surface area contributed by atoms with Gasteiger partial charge in [-0.3, -0.25) is 4.79 Å². The quantitative estimate of drug-likeness (QED) is 0.637. The van der Waals surface area contributed by atoms with E-state index in [4.69, 9.17) is 4.74 Å². The molecule has 1 N–H and O–H groups in total. The lowest BCUT2D eigenvalue weighted by molar-refractivity contribution is 0.272. The molecule has 0 saturated carbocycles. The first kappa shape index (κ1) is 21.3. The average molecular weight is 440 g/mol. The topological polar surface area (TPSA) is 92.4 Å². The van der Waals surface area contributed by atoms with Gasteiger partial charge in [0, 0.05) is 24.7 Å². The molecule has 0 atom stereocenters. The number of ether oxygens (including phenoxy) is 1. The van der Waals surface area contributed by atoms with Crippen LogP contribution in [0, 0.1) is 5.92 Å². The van der Waals surface area contributed by atoms with Crippen LogP contribution < -0.4 is 10.3 Å². The lowest BCUT2D eigenvalue weighted by Crippen LogP contribution is -2.39. The molecule has 2 heterocycles. The first-order valence-corrected chi connectivity index (χ1v) is 11.7. The maximum atomic E-state index is 13.4. The Morgan fingerprint density at radius 1 is 1.06 bits per heavy atom. The molecule has 162 valence electrons. The third-order valence-corrected chi connectivity index (χ3v) is 7.62. The molecule has 0 unspecified atom stereocenters. The number of hydrogen-bond acceptors (Lipinski definition) is 5. The van der Waals surface area contributed by atoms with Gasteiger partial charge in [0.1, 0.15) is 10.6 Å². The summed E-state index contributed by atoms with van der Waals surface area (Å²) in [7, 11) is -2.27. The number of benzene rings is 2. The van der Waals surface area contributed by atoms with E-state index in [-0.39, 0.29) is 10.5 Å². The molecule has 0 spiro atoms. The number of rotatable bonds is 6. The van der Waals surface area contributed by atoms with E-state index in [1.165, 1.54) is 23.0 Å². The fourth-order valence-electron chi connectivity index (χ4n) is 3.98. The molecule has 0 radical (unpaired) electrons. The number of nitrogens with one attached hydrogen (secondary N) is 1. The monoisotopic (exact) mass is 439 g/mol. The van der Waals surface area contributed by atoms with Crippen molar-refractivity contribution in [2.45, 2.75) is 24.2 Å². The zero-order valence-corrected chi connectivity index (χ0v) is 18.1. The Morgan fingerprint density at radius 2 is 1.81 bits per heavy atom. The van der Waals surface area contributed by atoms with Crippen LogP contribution in [0.2, 0.25) is 0 Å². The van der Waals surface area contributed by atoms with Gasteiger partial charge in [-0.2, -0.15) is 9.40 Å². The van der Waals surface area contributed by atoms with Crippen LogP contribution in [0.25, 0.3) is 11.3 Å². The Labute approximate surface area is 181 Å². The fourth-order valence-corrected chi connectivity index (χ4v) is 5.63. The Hall–Kier alpha value is -2.97. The molecule has 8 heteroatoms. The van der Waals surface area contributed by atoms with Gasteiger partial charge in [0.15, 0.2) is 0 Å². The molecule has 7 nitrogen and oxygen atoms in total. The lowest BCUT2D eigenvalue weighted by Gasteiger charge is -2.31. The van der Waals surface area contributed by atoms with E-state index in [1.807, 2.05) is 18.2 Å². The molecule has 2 aromatic carbocycles. The molecule has 1 aromatic heterocycles. The average Bonchev–Trinajstić information content (AvgIpc) is 2.80. The maximum absolute atomic E-state index is 13.4. The number of H-pyrrole nitrogens is 1. The number of sulfonamides is 1. The zero-order valence-electron chi connectivity index (χ0n) is 17.3. The van der Waals surface area contributed by atoms with Gasteiger partial charge in [0.2, 0.25) is 10.0 Å². The number of aromatic amines is 1. The summed E-state index contributed by atoms with van der Waals surface area (Å²) in [6.45, 7) is 0.953. The van der Waals surface area contributed by atoms with Crippen LogP contribution in [0.15, 0.2) is 70.4 Å². The van der Waals surface area contributed by atoms with Crippen molar-refractivity contribution in [2.24, 2.45) is 5.92 Å². The van der Waals surface area contributed by atoms with Crippen LogP contribution >= 0.6 is 0 Å². The zero-order chi connectivity index (χ0) is 21.8. The summed E-state index contributed by atoms with van der Waals surface area (Å²) in [6, 6.07) is 18.1. The summed E-state index contributed by atoms with van der Waals surface area (Å²) in [5.74, 6) is 0.756. The van der Waals surface area contributed by atoms with E-state index in [0.717, 1.165) is 19.3 Å². The highest BCUT2D eigenvalue weighted by Crippen LogP contribution is 2.33. The summed E-state index contributed by atoms with van der Waals surface area (Å²) in [4.78, 5) is 11.4. The largest absolute Gasteiger partial charge is 0.495 e. The summed E-state index contributed by atoms with van der Waals surface area (Å²) in [6.07, 6.45) is 2.60. The Bertz CT molecular complexity index is 1180. The van der Waals surface area contributed by atoms with Crippen LogP contribution in [0.3, 0.4) is 0 Å². The van der Waals surface area contributed by atoms with Crippen molar-refractivity contribution in [3.05, 3.63) is 76.6 Å². The smallest absolute Gasteiger partial charge is 0.264 e. The molecule has 3 aromatic rings. The van der Waals surface area contributed by atoms with Crippen molar-refractivity contribution < 1.29 is 13.2 Å². The first-order valence-electron chi connectivity index (χ1n) is 10.3. The number of aromatic nitrogens is 2. The predicted octanol–water partition coefficient (Wildman–Crippen LogP) is 3.09. The molecule has 1 fully saturated rings. The van der Waals surface area contributed by atoms with E-state index >= 15 is 0 Å². The third kappa shape index (κ3) is 4.70. The molecule has 31 heavy (non-hydrogen) atoms. The molecule has 4 rings (SSSR count). The molecule has 1 saturated heterocycles. The van der Waals surface area contributed by atoms with Crippen LogP contribution in [0.5, 0.6) is 5.75 Å². The van der Waals surface area contributed by atoms with Crippen LogP contribution in [0.1, 0.15) is 18.4 Å². The summed E-state index contributed by atoms with van der Waals surface area (Å²) in [5.41, 5.74) is 2.05. The Morgan fingerprint density at radius 3 is 2.45 bits per heavy atom. The Balaban J connectivity index is 1.54. The van der Waals surface area contributed by atoms with Crippen molar-refractivity contribution in [1.82, 2.24) is 14.5 Å². The molecular formula is C23H25N3O4S. The minimum atomic E-state index is -3.73. The second kappa shape index (κ2) is 9.03. The van der Waals surface area contributed by atoms with Gasteiger partial charge in [0.05, 0.1) is 12.8 Å². The van der Waals surface area contributed by atoms with Crippen LogP contribution in [0.4, 0.5) is 0 Å². The summed E-state index contributed by atoms with van der Waals surface area (Å²) in [5, 5.41) is 6.38. The molecule has 0 aliphatic carbocycles. The SMILES string of the molecule is COc1ccc(-c2ccc(=O)[nH]n2)cc1S(=O)(=O)N1CCC(Cc2ccccc2)CC1. The van der Waals surface area contributed by atoms with E-state index in [9.17, 15) is 13.2 Å². The molecular weight excluding hydrogens is 414 g/mol. The normalized spacial score (nSPS) is 15.6. The van der Waals surface area contributed by atoms with Crippen molar-refractivity contribution in [3.63, 3.8) is 0 Å². The van der Waals surface area contributed by atoms with Crippen molar-refractivity contribution in [1.29, 1.82) is 0 Å². The highest BCUT2D eigenvalue weighted by molar-refractivity contribution is 7.89. The van der Waals surface area contributed by atoms with Gasteiger partial charge >= 0.3 is 0 Å². The van der Waals surface area contributed by atoms with Gasteiger partial charge in [-0.25, -0.2) is 13.5 Å². The fraction of sp³-hybridized carbons (Fsp3) is 0.304. The van der Waals surface area contributed by atoms with Gasteiger partial charge in [-0.1, -0.05) is 30.3 Å². The van der Waals surface area contributed by atoms with Gasteiger partial charge < -0.3 is 4.74 Å². The van der Waals surface area contributed by atoms with Crippen molar-refractivity contribution >= 4 is 10.0 Å². The molecule has 0 amide bonds. The lowest BCUT2D eigenvalue weighted by atomic mass is 9.91. The van der Waals surface area contributed by atoms with Crippen molar-refractivity contribution in [3.8, 4) is 17.0 Å². The van der Waals surface area contributed by atoms with Crippen molar-refractivity contribution in [2.75, 3.05) is 20.2 Å². The maximum Gasteiger partial charge on any atom is 0.264 e. The molecule has 1 aliphatic rings. The first-order chi connectivity index (χ1) is 15.0. The van der Waals surface area contributed by atoms with E-state index < -0.39 is 10.0 Å². The number of hydrogen-bond donors (Lipinski definition) is 1. The minimum absolute atomic E-state index is 0.113. The second-order valence-corrected chi connectivity index (χ2v) is 9.62. The number of nitrogens with zero attached hydrogens (tertiary/aromatic N) is 2. The molecule has 1 aliphatic heterocycles. The molecule has 0 bridgehead atoms. The van der Waals surface area contributed by atoms with Gasteiger partial charge in [0.25, 0.3) is 5.56 Å². The second-order valence-electron chi connectivity index (χ2n) is 7.71.